The second kappa shape index (κ2) is 10.1. The number of rotatable bonds is 7. The molecular weight excluding hydrogens is 439 g/mol. The van der Waals surface area contributed by atoms with Crippen molar-refractivity contribution in [1.29, 1.82) is 0 Å². The van der Waals surface area contributed by atoms with Crippen LogP contribution in [-0.4, -0.2) is 42.3 Å². The van der Waals surface area contributed by atoms with Gasteiger partial charge in [-0.3, -0.25) is 9.59 Å². The van der Waals surface area contributed by atoms with E-state index in [2.05, 4.69) is 15.6 Å². The zero-order chi connectivity index (χ0) is 22.4. The Morgan fingerprint density at radius 2 is 1.84 bits per heavy atom. The average Bonchev–Trinajstić information content (AvgIpc) is 2.74. The topological polar surface area (TPSA) is 83.6 Å². The van der Waals surface area contributed by atoms with Crippen molar-refractivity contribution in [2.24, 2.45) is 0 Å². The minimum Gasteiger partial charge on any atom is -0.435 e. The summed E-state index contributed by atoms with van der Waals surface area (Å²) in [6.45, 7) is -0.0198. The number of pyridine rings is 1. The Hall–Kier alpha value is -3.29. The molecule has 0 spiro atoms. The Bertz CT molecular complexity index is 1110. The van der Waals surface area contributed by atoms with Crippen molar-refractivity contribution in [2.45, 2.75) is 0 Å². The predicted molar refractivity (Wildman–Crippen MR) is 122 cm³/mol. The van der Waals surface area contributed by atoms with Crippen LogP contribution in [-0.2, 0) is 4.79 Å². The Morgan fingerprint density at radius 1 is 1.06 bits per heavy atom. The lowest BCUT2D eigenvalue weighted by Gasteiger charge is -2.14. The minimum absolute atomic E-state index is 0.0198. The van der Waals surface area contributed by atoms with E-state index in [0.29, 0.717) is 27.7 Å². The van der Waals surface area contributed by atoms with Crippen LogP contribution in [0.15, 0.2) is 60.8 Å². The van der Waals surface area contributed by atoms with Crippen LogP contribution in [0.3, 0.4) is 0 Å². The Kier molecular flexibility index (Phi) is 7.33. The molecule has 160 valence electrons. The second-order valence-electron chi connectivity index (χ2n) is 6.72. The molecule has 0 unspecified atom stereocenters. The highest BCUT2D eigenvalue weighted by molar-refractivity contribution is 6.35. The van der Waals surface area contributed by atoms with Crippen molar-refractivity contribution >= 4 is 46.4 Å². The fourth-order valence-corrected chi connectivity index (χ4v) is 3.07. The summed E-state index contributed by atoms with van der Waals surface area (Å²) < 4.78 is 5.77. The van der Waals surface area contributed by atoms with Gasteiger partial charge in [0.15, 0.2) is 5.75 Å². The smallest absolute Gasteiger partial charge is 0.253 e. The van der Waals surface area contributed by atoms with Crippen LogP contribution in [0.2, 0.25) is 10.0 Å². The van der Waals surface area contributed by atoms with Gasteiger partial charge in [0.05, 0.1) is 17.3 Å². The highest BCUT2D eigenvalue weighted by Crippen LogP contribution is 2.33. The van der Waals surface area contributed by atoms with Gasteiger partial charge in [0.2, 0.25) is 11.8 Å². The molecule has 0 atom stereocenters. The third-order valence-electron chi connectivity index (χ3n) is 4.11. The van der Waals surface area contributed by atoms with E-state index in [1.807, 2.05) is 0 Å². The zero-order valence-corrected chi connectivity index (χ0v) is 18.4. The van der Waals surface area contributed by atoms with Gasteiger partial charge in [-0.25, -0.2) is 4.98 Å². The third kappa shape index (κ3) is 6.10. The number of carbonyl (C=O) groups excluding carboxylic acids is 2. The SMILES string of the molecule is CN(C)C(=O)c1cccc(NC(=O)CNc2ccccc2Oc2ncc(Cl)cc2Cl)c1. The molecule has 0 saturated carbocycles. The molecule has 1 aromatic heterocycles. The molecule has 0 aliphatic rings. The van der Waals surface area contributed by atoms with Gasteiger partial charge in [0.25, 0.3) is 5.91 Å². The molecule has 1 heterocycles. The molecule has 2 amide bonds. The van der Waals surface area contributed by atoms with Crippen molar-refractivity contribution in [3.05, 3.63) is 76.4 Å². The summed E-state index contributed by atoms with van der Waals surface area (Å²) >= 11 is 12.0. The Balaban J connectivity index is 1.65. The molecule has 7 nitrogen and oxygen atoms in total. The van der Waals surface area contributed by atoms with Gasteiger partial charge in [0, 0.05) is 31.5 Å². The summed E-state index contributed by atoms with van der Waals surface area (Å²) in [6.07, 6.45) is 1.43. The van der Waals surface area contributed by atoms with Gasteiger partial charge in [-0.2, -0.15) is 0 Å². The predicted octanol–water partition coefficient (Wildman–Crippen LogP) is 4.93. The van der Waals surface area contributed by atoms with Crippen LogP contribution >= 0.6 is 23.2 Å². The van der Waals surface area contributed by atoms with Crippen molar-refractivity contribution in [3.63, 3.8) is 0 Å². The molecule has 3 rings (SSSR count). The molecule has 0 aliphatic heterocycles. The van der Waals surface area contributed by atoms with E-state index >= 15 is 0 Å². The first-order valence-electron chi connectivity index (χ1n) is 9.27. The van der Waals surface area contributed by atoms with Crippen LogP contribution in [0.4, 0.5) is 11.4 Å². The van der Waals surface area contributed by atoms with Crippen molar-refractivity contribution < 1.29 is 14.3 Å². The molecule has 3 aromatic rings. The lowest BCUT2D eigenvalue weighted by molar-refractivity contribution is -0.114. The first-order chi connectivity index (χ1) is 14.8. The summed E-state index contributed by atoms with van der Waals surface area (Å²) in [6, 6.07) is 15.4. The standard InChI is InChI=1S/C22H20Cl2N4O3/c1-28(2)22(30)14-6-5-7-16(10-14)27-20(29)13-25-18-8-3-4-9-19(18)31-21-17(24)11-15(23)12-26-21/h3-12,25H,13H2,1-2H3,(H,27,29). The first-order valence-corrected chi connectivity index (χ1v) is 10.0. The van der Waals surface area contributed by atoms with E-state index in [4.69, 9.17) is 27.9 Å². The van der Waals surface area contributed by atoms with E-state index < -0.39 is 0 Å². The number of benzene rings is 2. The number of ether oxygens (including phenoxy) is 1. The largest absolute Gasteiger partial charge is 0.435 e. The quantitative estimate of drug-likeness (QED) is 0.524. The summed E-state index contributed by atoms with van der Waals surface area (Å²) in [5.74, 6) is 0.222. The lowest BCUT2D eigenvalue weighted by atomic mass is 10.2. The molecule has 2 aromatic carbocycles. The fourth-order valence-electron chi connectivity index (χ4n) is 2.65. The number of aromatic nitrogens is 1. The van der Waals surface area contributed by atoms with Gasteiger partial charge in [-0.05, 0) is 36.4 Å². The molecule has 0 fully saturated rings. The maximum atomic E-state index is 12.4. The maximum Gasteiger partial charge on any atom is 0.253 e. The van der Waals surface area contributed by atoms with Crippen LogP contribution in [0, 0.1) is 0 Å². The molecule has 2 N–H and O–H groups in total. The van der Waals surface area contributed by atoms with Crippen LogP contribution in [0.25, 0.3) is 0 Å². The minimum atomic E-state index is -0.285. The van der Waals surface area contributed by atoms with Crippen LogP contribution < -0.4 is 15.4 Å². The molecule has 0 aliphatic carbocycles. The van der Waals surface area contributed by atoms with E-state index in [9.17, 15) is 9.59 Å². The number of hydrogen-bond acceptors (Lipinski definition) is 5. The number of anilines is 2. The maximum absolute atomic E-state index is 12.4. The number of halogens is 2. The second-order valence-corrected chi connectivity index (χ2v) is 7.56. The van der Waals surface area contributed by atoms with Gasteiger partial charge in [-0.1, -0.05) is 41.4 Å². The normalized spacial score (nSPS) is 10.3. The first kappa shape index (κ1) is 22.4. The van der Waals surface area contributed by atoms with Crippen molar-refractivity contribution in [3.8, 4) is 11.6 Å². The average molecular weight is 459 g/mol. The van der Waals surface area contributed by atoms with E-state index in [-0.39, 0.29) is 29.3 Å². The Labute approximate surface area is 189 Å². The third-order valence-corrected chi connectivity index (χ3v) is 4.58. The van der Waals surface area contributed by atoms with Gasteiger partial charge in [0.1, 0.15) is 5.02 Å². The molecule has 31 heavy (non-hydrogen) atoms. The number of hydrogen-bond donors (Lipinski definition) is 2. The zero-order valence-electron chi connectivity index (χ0n) is 16.9. The number of nitrogens with zero attached hydrogens (tertiary/aromatic N) is 2. The summed E-state index contributed by atoms with van der Waals surface area (Å²) in [5.41, 5.74) is 1.60. The summed E-state index contributed by atoms with van der Waals surface area (Å²) in [7, 11) is 3.34. The molecule has 0 bridgehead atoms. The van der Waals surface area contributed by atoms with Crippen molar-refractivity contribution in [2.75, 3.05) is 31.3 Å². The number of para-hydroxylation sites is 2. The highest BCUT2D eigenvalue weighted by Gasteiger charge is 2.12. The van der Waals surface area contributed by atoms with E-state index in [1.54, 1.807) is 62.6 Å². The summed E-state index contributed by atoms with van der Waals surface area (Å²) in [4.78, 5) is 30.0. The Morgan fingerprint density at radius 3 is 2.58 bits per heavy atom. The van der Waals surface area contributed by atoms with Crippen LogP contribution in [0.5, 0.6) is 11.6 Å². The fraction of sp³-hybridized carbons (Fsp3) is 0.136. The molecule has 9 heteroatoms. The summed E-state index contributed by atoms with van der Waals surface area (Å²) in [5, 5.41) is 6.47. The molecule has 0 saturated heterocycles. The number of nitrogens with one attached hydrogen (secondary N) is 2. The van der Waals surface area contributed by atoms with Crippen LogP contribution in [0.1, 0.15) is 10.4 Å². The highest BCUT2D eigenvalue weighted by atomic mass is 35.5. The molecule has 0 radical (unpaired) electrons. The van der Waals surface area contributed by atoms with Gasteiger partial charge < -0.3 is 20.3 Å². The van der Waals surface area contributed by atoms with E-state index in [0.717, 1.165) is 0 Å². The lowest BCUT2D eigenvalue weighted by Crippen LogP contribution is -2.23. The monoisotopic (exact) mass is 458 g/mol. The molecular formula is C22H20Cl2N4O3. The van der Waals surface area contributed by atoms with Gasteiger partial charge in [-0.15, -0.1) is 0 Å². The van der Waals surface area contributed by atoms with Crippen molar-refractivity contribution in [1.82, 2.24) is 9.88 Å². The van der Waals surface area contributed by atoms with E-state index in [1.165, 1.54) is 17.2 Å². The van der Waals surface area contributed by atoms with Gasteiger partial charge >= 0.3 is 0 Å². The number of carbonyl (C=O) groups is 2. The number of amides is 2.